The number of benzene rings is 1. The lowest BCUT2D eigenvalue weighted by atomic mass is 10.1. The summed E-state index contributed by atoms with van der Waals surface area (Å²) >= 11 is 5.54. The van der Waals surface area contributed by atoms with Crippen LogP contribution < -0.4 is 9.46 Å². The largest absolute Gasteiger partial charge is 0.497 e. The van der Waals surface area contributed by atoms with Crippen LogP contribution in [0.5, 0.6) is 5.75 Å². The molecule has 1 rings (SSSR count). The van der Waals surface area contributed by atoms with E-state index in [2.05, 4.69) is 4.72 Å². The monoisotopic (exact) mass is 305 g/mol. The van der Waals surface area contributed by atoms with Crippen molar-refractivity contribution < 1.29 is 13.2 Å². The lowest BCUT2D eigenvalue weighted by molar-refractivity contribution is 0.413. The highest BCUT2D eigenvalue weighted by Gasteiger charge is 2.15. The van der Waals surface area contributed by atoms with Gasteiger partial charge in [0.15, 0.2) is 0 Å². The van der Waals surface area contributed by atoms with Gasteiger partial charge < -0.3 is 4.74 Å². The fourth-order valence-electron chi connectivity index (χ4n) is 1.69. The smallest absolute Gasteiger partial charge is 0.212 e. The van der Waals surface area contributed by atoms with E-state index in [4.69, 9.17) is 16.3 Å². The predicted molar refractivity (Wildman–Crippen MR) is 78.3 cm³/mol. The van der Waals surface area contributed by atoms with E-state index in [0.717, 1.165) is 5.56 Å². The molecule has 0 aliphatic rings. The van der Waals surface area contributed by atoms with Crippen molar-refractivity contribution >= 4 is 21.6 Å². The van der Waals surface area contributed by atoms with Gasteiger partial charge in [-0.3, -0.25) is 0 Å². The molecule has 1 atom stereocenters. The zero-order valence-corrected chi connectivity index (χ0v) is 12.8. The zero-order chi connectivity index (χ0) is 14.3. The summed E-state index contributed by atoms with van der Waals surface area (Å²) < 4.78 is 31.5. The number of unbranched alkanes of at least 4 members (excludes halogenated alkanes) is 1. The van der Waals surface area contributed by atoms with Crippen LogP contribution in [0.4, 0.5) is 0 Å². The van der Waals surface area contributed by atoms with Crippen molar-refractivity contribution in [3.63, 3.8) is 0 Å². The van der Waals surface area contributed by atoms with Crippen LogP contribution in [0.25, 0.3) is 0 Å². The zero-order valence-electron chi connectivity index (χ0n) is 11.2. The maximum atomic E-state index is 11.9. The normalized spacial score (nSPS) is 13.2. The third kappa shape index (κ3) is 5.80. The highest BCUT2D eigenvalue weighted by atomic mass is 35.5. The molecule has 0 heterocycles. The van der Waals surface area contributed by atoms with Gasteiger partial charge in [0.2, 0.25) is 10.0 Å². The third-order valence-electron chi connectivity index (χ3n) is 2.75. The standard InChI is InChI=1S/C13H20ClNO3S/c1-11(12-6-5-7-13(10-12)18-2)15-19(16,17)9-4-3-8-14/h5-7,10-11,15H,3-4,8-9H2,1-2H3/t11-/m0/s1. The van der Waals surface area contributed by atoms with E-state index in [1.165, 1.54) is 0 Å². The predicted octanol–water partition coefficient (Wildman–Crippen LogP) is 2.69. The Morgan fingerprint density at radius 2 is 2.11 bits per heavy atom. The Bertz CT molecular complexity index is 490. The third-order valence-corrected chi connectivity index (χ3v) is 4.55. The molecule has 0 aliphatic heterocycles. The first-order valence-corrected chi connectivity index (χ1v) is 8.37. The van der Waals surface area contributed by atoms with Crippen LogP contribution in [-0.4, -0.2) is 27.2 Å². The quantitative estimate of drug-likeness (QED) is 0.593. The number of methoxy groups -OCH3 is 1. The van der Waals surface area contributed by atoms with E-state index in [1.54, 1.807) is 7.11 Å². The lowest BCUT2D eigenvalue weighted by Crippen LogP contribution is -2.29. The molecule has 0 spiro atoms. The minimum atomic E-state index is -3.27. The highest BCUT2D eigenvalue weighted by Crippen LogP contribution is 2.19. The highest BCUT2D eigenvalue weighted by molar-refractivity contribution is 7.89. The first-order valence-electron chi connectivity index (χ1n) is 6.18. The molecule has 19 heavy (non-hydrogen) atoms. The van der Waals surface area contributed by atoms with E-state index >= 15 is 0 Å². The van der Waals surface area contributed by atoms with Crippen LogP contribution in [-0.2, 0) is 10.0 Å². The molecule has 108 valence electrons. The minimum absolute atomic E-state index is 0.105. The molecule has 0 unspecified atom stereocenters. The molecule has 0 aromatic heterocycles. The summed E-state index contributed by atoms with van der Waals surface area (Å²) in [7, 11) is -1.69. The summed E-state index contributed by atoms with van der Waals surface area (Å²) in [6.07, 6.45) is 1.28. The number of sulfonamides is 1. The van der Waals surface area contributed by atoms with E-state index in [9.17, 15) is 8.42 Å². The average molecular weight is 306 g/mol. The Kier molecular flexibility index (Phi) is 6.62. The number of rotatable bonds is 8. The topological polar surface area (TPSA) is 55.4 Å². The van der Waals surface area contributed by atoms with Crippen LogP contribution in [0.2, 0.25) is 0 Å². The van der Waals surface area contributed by atoms with Crippen LogP contribution in [0.1, 0.15) is 31.4 Å². The van der Waals surface area contributed by atoms with E-state index < -0.39 is 10.0 Å². The van der Waals surface area contributed by atoms with Crippen molar-refractivity contribution in [2.45, 2.75) is 25.8 Å². The van der Waals surface area contributed by atoms with Crippen molar-refractivity contribution in [2.75, 3.05) is 18.7 Å². The average Bonchev–Trinajstić information content (AvgIpc) is 2.38. The first kappa shape index (κ1) is 16.3. The van der Waals surface area contributed by atoms with Crippen LogP contribution in [0, 0.1) is 0 Å². The van der Waals surface area contributed by atoms with Gasteiger partial charge in [-0.1, -0.05) is 12.1 Å². The van der Waals surface area contributed by atoms with Gasteiger partial charge in [-0.15, -0.1) is 11.6 Å². The number of ether oxygens (including phenoxy) is 1. The summed E-state index contributed by atoms with van der Waals surface area (Å²) in [4.78, 5) is 0. The Hall–Kier alpha value is -0.780. The molecule has 6 heteroatoms. The number of hydrogen-bond donors (Lipinski definition) is 1. The molecule has 0 aliphatic carbocycles. The van der Waals surface area contributed by atoms with Crippen molar-refractivity contribution in [1.29, 1.82) is 0 Å². The second kappa shape index (κ2) is 7.72. The second-order valence-corrected chi connectivity index (χ2v) is 6.58. The van der Waals surface area contributed by atoms with Crippen LogP contribution in [0.15, 0.2) is 24.3 Å². The van der Waals surface area contributed by atoms with Crippen molar-refractivity contribution in [1.82, 2.24) is 4.72 Å². The summed E-state index contributed by atoms with van der Waals surface area (Å²) in [6, 6.07) is 7.08. The molecular weight excluding hydrogens is 286 g/mol. The van der Waals surface area contributed by atoms with Crippen LogP contribution >= 0.6 is 11.6 Å². The fraction of sp³-hybridized carbons (Fsp3) is 0.538. The first-order chi connectivity index (χ1) is 8.98. The Morgan fingerprint density at radius 1 is 1.37 bits per heavy atom. The van der Waals surface area contributed by atoms with Gasteiger partial charge in [-0.05, 0) is 37.5 Å². The molecule has 4 nitrogen and oxygen atoms in total. The van der Waals surface area contributed by atoms with Crippen molar-refractivity contribution in [3.8, 4) is 5.75 Å². The SMILES string of the molecule is COc1cccc([C@H](C)NS(=O)(=O)CCCCCl)c1. The molecule has 1 aromatic carbocycles. The fourth-order valence-corrected chi connectivity index (χ4v) is 3.26. The summed E-state index contributed by atoms with van der Waals surface area (Å²) in [6.45, 7) is 1.81. The Balaban J connectivity index is 2.64. The molecule has 1 aromatic rings. The van der Waals surface area contributed by atoms with Gasteiger partial charge in [-0.25, -0.2) is 13.1 Å². The van der Waals surface area contributed by atoms with Gasteiger partial charge in [-0.2, -0.15) is 0 Å². The van der Waals surface area contributed by atoms with Gasteiger partial charge in [0.05, 0.1) is 12.9 Å². The minimum Gasteiger partial charge on any atom is -0.497 e. The summed E-state index contributed by atoms with van der Waals surface area (Å²) in [5, 5.41) is 0. The molecule has 0 radical (unpaired) electrons. The number of halogens is 1. The van der Waals surface area contributed by atoms with Crippen molar-refractivity contribution in [2.24, 2.45) is 0 Å². The van der Waals surface area contributed by atoms with E-state index in [1.807, 2.05) is 31.2 Å². The van der Waals surface area contributed by atoms with Crippen LogP contribution in [0.3, 0.4) is 0 Å². The Labute approximate surface area is 120 Å². The number of hydrogen-bond acceptors (Lipinski definition) is 3. The lowest BCUT2D eigenvalue weighted by Gasteiger charge is -2.15. The Morgan fingerprint density at radius 3 is 2.74 bits per heavy atom. The molecule has 0 amide bonds. The van der Waals surface area contributed by atoms with E-state index in [0.29, 0.717) is 24.5 Å². The van der Waals surface area contributed by atoms with Gasteiger partial charge in [0.25, 0.3) is 0 Å². The van der Waals surface area contributed by atoms with Gasteiger partial charge in [0.1, 0.15) is 5.75 Å². The maximum Gasteiger partial charge on any atom is 0.212 e. The van der Waals surface area contributed by atoms with Gasteiger partial charge in [0, 0.05) is 11.9 Å². The van der Waals surface area contributed by atoms with Gasteiger partial charge >= 0.3 is 0 Å². The summed E-state index contributed by atoms with van der Waals surface area (Å²) in [5.41, 5.74) is 0.875. The molecular formula is C13H20ClNO3S. The molecule has 0 bridgehead atoms. The van der Waals surface area contributed by atoms with E-state index in [-0.39, 0.29) is 11.8 Å². The number of nitrogens with one attached hydrogen (secondary N) is 1. The van der Waals surface area contributed by atoms with Crippen molar-refractivity contribution in [3.05, 3.63) is 29.8 Å². The summed E-state index contributed by atoms with van der Waals surface area (Å²) in [5.74, 6) is 1.31. The number of alkyl halides is 1. The molecule has 0 saturated heterocycles. The maximum absolute atomic E-state index is 11.9. The second-order valence-electron chi connectivity index (χ2n) is 4.33. The molecule has 1 N–H and O–H groups in total. The molecule has 0 fully saturated rings. The molecule has 0 saturated carbocycles.